The molecule has 0 saturated carbocycles. The van der Waals surface area contributed by atoms with Gasteiger partial charge in [-0.1, -0.05) is 18.5 Å². The van der Waals surface area contributed by atoms with Gasteiger partial charge in [0.2, 0.25) is 0 Å². The lowest BCUT2D eigenvalue weighted by Crippen LogP contribution is -2.46. The van der Waals surface area contributed by atoms with Crippen molar-refractivity contribution in [2.75, 3.05) is 32.8 Å². The third kappa shape index (κ3) is 3.50. The van der Waals surface area contributed by atoms with E-state index in [9.17, 15) is 4.79 Å². The molecule has 1 aliphatic rings. The van der Waals surface area contributed by atoms with Crippen molar-refractivity contribution in [1.29, 1.82) is 0 Å². The molecule has 5 heteroatoms. The highest BCUT2D eigenvalue weighted by atomic mass is 35.5. The number of piperazine rings is 1. The largest absolute Gasteiger partial charge is 0.492 e. The molecule has 1 amide bonds. The van der Waals surface area contributed by atoms with Crippen LogP contribution >= 0.6 is 11.6 Å². The van der Waals surface area contributed by atoms with Crippen LogP contribution in [0.2, 0.25) is 5.02 Å². The number of carbonyl (C=O) groups is 1. The quantitative estimate of drug-likeness (QED) is 0.930. The third-order valence-corrected chi connectivity index (χ3v) is 4.12. The number of amides is 1. The SMILES string of the molecule is CCCOc1c(C)cc(Cl)c(C)c1C(=O)N1CCNCC1. The molecule has 1 saturated heterocycles. The number of nitrogens with zero attached hydrogens (tertiary/aromatic N) is 1. The van der Waals surface area contributed by atoms with Crippen molar-refractivity contribution in [3.05, 3.63) is 27.8 Å². The Kier molecular flexibility index (Phi) is 5.48. The number of benzene rings is 1. The maximum absolute atomic E-state index is 12.9. The molecule has 21 heavy (non-hydrogen) atoms. The van der Waals surface area contributed by atoms with Gasteiger partial charge in [-0.3, -0.25) is 4.79 Å². The molecule has 1 heterocycles. The van der Waals surface area contributed by atoms with Crippen molar-refractivity contribution in [2.45, 2.75) is 27.2 Å². The van der Waals surface area contributed by atoms with Crippen LogP contribution in [0.15, 0.2) is 6.07 Å². The van der Waals surface area contributed by atoms with Crippen LogP contribution in [0.1, 0.15) is 34.8 Å². The van der Waals surface area contributed by atoms with E-state index in [-0.39, 0.29) is 5.91 Å². The molecular formula is C16H23ClN2O2. The zero-order chi connectivity index (χ0) is 15.4. The smallest absolute Gasteiger partial charge is 0.258 e. The summed E-state index contributed by atoms with van der Waals surface area (Å²) in [6.07, 6.45) is 0.905. The van der Waals surface area contributed by atoms with E-state index < -0.39 is 0 Å². The van der Waals surface area contributed by atoms with Gasteiger partial charge in [-0.2, -0.15) is 0 Å². The maximum atomic E-state index is 12.9. The molecule has 0 spiro atoms. The molecule has 1 N–H and O–H groups in total. The van der Waals surface area contributed by atoms with Gasteiger partial charge in [-0.15, -0.1) is 0 Å². The summed E-state index contributed by atoms with van der Waals surface area (Å²) in [5, 5.41) is 3.88. The third-order valence-electron chi connectivity index (χ3n) is 3.73. The number of halogens is 1. The topological polar surface area (TPSA) is 41.6 Å². The van der Waals surface area contributed by atoms with Crippen LogP contribution in [-0.4, -0.2) is 43.6 Å². The molecule has 1 fully saturated rings. The van der Waals surface area contributed by atoms with Crippen LogP contribution in [0, 0.1) is 13.8 Å². The van der Waals surface area contributed by atoms with Gasteiger partial charge in [0.1, 0.15) is 5.75 Å². The van der Waals surface area contributed by atoms with Crippen molar-refractivity contribution in [3.63, 3.8) is 0 Å². The Hall–Kier alpha value is -1.26. The number of ether oxygens (including phenoxy) is 1. The van der Waals surface area contributed by atoms with Gasteiger partial charge in [-0.05, 0) is 37.5 Å². The van der Waals surface area contributed by atoms with Gasteiger partial charge in [0, 0.05) is 31.2 Å². The monoisotopic (exact) mass is 310 g/mol. The first-order valence-electron chi connectivity index (χ1n) is 7.48. The zero-order valence-electron chi connectivity index (χ0n) is 13.0. The molecule has 0 aliphatic carbocycles. The predicted molar refractivity (Wildman–Crippen MR) is 85.5 cm³/mol. The Bertz CT molecular complexity index is 525. The summed E-state index contributed by atoms with van der Waals surface area (Å²) in [5.41, 5.74) is 2.34. The molecule has 116 valence electrons. The average Bonchev–Trinajstić information content (AvgIpc) is 2.49. The van der Waals surface area contributed by atoms with Crippen LogP contribution < -0.4 is 10.1 Å². The second kappa shape index (κ2) is 7.14. The Labute approximate surface area is 131 Å². The van der Waals surface area contributed by atoms with E-state index in [0.29, 0.717) is 22.9 Å². The normalized spacial score (nSPS) is 15.1. The minimum atomic E-state index is 0.0192. The average molecular weight is 311 g/mol. The Morgan fingerprint density at radius 3 is 2.67 bits per heavy atom. The van der Waals surface area contributed by atoms with E-state index in [4.69, 9.17) is 16.3 Å². The van der Waals surface area contributed by atoms with Gasteiger partial charge < -0.3 is 15.0 Å². The van der Waals surface area contributed by atoms with Crippen LogP contribution in [-0.2, 0) is 0 Å². The fourth-order valence-corrected chi connectivity index (χ4v) is 2.78. The van der Waals surface area contributed by atoms with Gasteiger partial charge in [0.25, 0.3) is 5.91 Å². The lowest BCUT2D eigenvalue weighted by atomic mass is 10.0. The standard InChI is InChI=1S/C16H23ClN2O2/c1-4-9-21-15-11(2)10-13(17)12(3)14(15)16(20)19-7-5-18-6-8-19/h10,18H,4-9H2,1-3H3. The van der Waals surface area contributed by atoms with Crippen LogP contribution in [0.4, 0.5) is 0 Å². The van der Waals surface area contributed by atoms with E-state index in [1.807, 2.05) is 24.8 Å². The lowest BCUT2D eigenvalue weighted by Gasteiger charge is -2.29. The number of nitrogens with one attached hydrogen (secondary N) is 1. The lowest BCUT2D eigenvalue weighted by molar-refractivity contribution is 0.0730. The first-order chi connectivity index (χ1) is 10.1. The van der Waals surface area contributed by atoms with Crippen LogP contribution in [0.5, 0.6) is 5.75 Å². The molecule has 0 atom stereocenters. The second-order valence-electron chi connectivity index (χ2n) is 5.40. The number of carbonyl (C=O) groups excluding carboxylic acids is 1. The fourth-order valence-electron chi connectivity index (χ4n) is 2.52. The molecule has 0 radical (unpaired) electrons. The second-order valence-corrected chi connectivity index (χ2v) is 5.80. The van der Waals surface area contributed by atoms with E-state index in [1.54, 1.807) is 0 Å². The first-order valence-corrected chi connectivity index (χ1v) is 7.86. The van der Waals surface area contributed by atoms with E-state index in [1.165, 1.54) is 0 Å². The number of hydrogen-bond donors (Lipinski definition) is 1. The summed E-state index contributed by atoms with van der Waals surface area (Å²) >= 11 is 6.27. The summed E-state index contributed by atoms with van der Waals surface area (Å²) in [5.74, 6) is 0.702. The molecule has 0 aromatic heterocycles. The molecule has 1 aromatic rings. The highest BCUT2D eigenvalue weighted by Gasteiger charge is 2.25. The molecule has 0 unspecified atom stereocenters. The summed E-state index contributed by atoms with van der Waals surface area (Å²) in [4.78, 5) is 14.7. The van der Waals surface area contributed by atoms with Crippen molar-refractivity contribution >= 4 is 17.5 Å². The van der Waals surface area contributed by atoms with Gasteiger partial charge in [0.15, 0.2) is 0 Å². The van der Waals surface area contributed by atoms with Gasteiger partial charge in [-0.25, -0.2) is 0 Å². The summed E-state index contributed by atoms with van der Waals surface area (Å²) in [6.45, 7) is 9.57. The van der Waals surface area contributed by atoms with Crippen molar-refractivity contribution in [1.82, 2.24) is 10.2 Å². The van der Waals surface area contributed by atoms with Gasteiger partial charge >= 0.3 is 0 Å². The molecule has 2 rings (SSSR count). The minimum absolute atomic E-state index is 0.0192. The molecule has 0 bridgehead atoms. The van der Waals surface area contributed by atoms with Crippen molar-refractivity contribution in [2.24, 2.45) is 0 Å². The molecule has 4 nitrogen and oxygen atoms in total. The number of aryl methyl sites for hydroxylation is 1. The van der Waals surface area contributed by atoms with E-state index in [2.05, 4.69) is 12.2 Å². The Balaban J connectivity index is 2.41. The van der Waals surface area contributed by atoms with Gasteiger partial charge in [0.05, 0.1) is 12.2 Å². The number of rotatable bonds is 4. The van der Waals surface area contributed by atoms with Crippen LogP contribution in [0.3, 0.4) is 0 Å². The fraction of sp³-hybridized carbons (Fsp3) is 0.562. The molecular weight excluding hydrogens is 288 g/mol. The maximum Gasteiger partial charge on any atom is 0.258 e. The molecule has 1 aromatic carbocycles. The molecule has 1 aliphatic heterocycles. The summed E-state index contributed by atoms with van der Waals surface area (Å²) in [6, 6.07) is 1.87. The predicted octanol–water partition coefficient (Wildman–Crippen LogP) is 2.79. The van der Waals surface area contributed by atoms with E-state index in [0.717, 1.165) is 43.7 Å². The van der Waals surface area contributed by atoms with Crippen molar-refractivity contribution < 1.29 is 9.53 Å². The highest BCUT2D eigenvalue weighted by molar-refractivity contribution is 6.32. The summed E-state index contributed by atoms with van der Waals surface area (Å²) in [7, 11) is 0. The zero-order valence-corrected chi connectivity index (χ0v) is 13.7. The Morgan fingerprint density at radius 2 is 2.05 bits per heavy atom. The van der Waals surface area contributed by atoms with Crippen molar-refractivity contribution in [3.8, 4) is 5.75 Å². The Morgan fingerprint density at radius 1 is 1.38 bits per heavy atom. The first kappa shape index (κ1) is 16.1. The van der Waals surface area contributed by atoms with Crippen LogP contribution in [0.25, 0.3) is 0 Å². The summed E-state index contributed by atoms with van der Waals surface area (Å²) < 4.78 is 5.84. The number of hydrogen-bond acceptors (Lipinski definition) is 3. The van der Waals surface area contributed by atoms with E-state index >= 15 is 0 Å². The highest BCUT2D eigenvalue weighted by Crippen LogP contribution is 2.33. The minimum Gasteiger partial charge on any atom is -0.492 e.